The summed E-state index contributed by atoms with van der Waals surface area (Å²) in [6.45, 7) is 2.41. The molecule has 7 nitrogen and oxygen atoms in total. The quantitative estimate of drug-likeness (QED) is 0.747. The summed E-state index contributed by atoms with van der Waals surface area (Å²) in [6.07, 6.45) is 2.18. The van der Waals surface area contributed by atoms with Gasteiger partial charge in [0.15, 0.2) is 0 Å². The van der Waals surface area contributed by atoms with Crippen molar-refractivity contribution < 1.29 is 14.0 Å². The van der Waals surface area contributed by atoms with Crippen LogP contribution >= 0.6 is 11.8 Å². The minimum Gasteiger partial charge on any atom is -0.416 e. The van der Waals surface area contributed by atoms with Crippen LogP contribution in [0.1, 0.15) is 41.9 Å². The van der Waals surface area contributed by atoms with Crippen LogP contribution in [0.2, 0.25) is 0 Å². The molecule has 24 heavy (non-hydrogen) atoms. The maximum absolute atomic E-state index is 12.0. The van der Waals surface area contributed by atoms with Crippen LogP contribution in [0.4, 0.5) is 5.69 Å². The van der Waals surface area contributed by atoms with Gasteiger partial charge in [0.1, 0.15) is 0 Å². The molecule has 0 atom stereocenters. The van der Waals surface area contributed by atoms with Crippen molar-refractivity contribution in [2.45, 2.75) is 30.9 Å². The Balaban J connectivity index is 1.52. The Morgan fingerprint density at radius 1 is 1.33 bits per heavy atom. The molecule has 2 amide bonds. The molecule has 1 aliphatic rings. The molecule has 0 bridgehead atoms. The summed E-state index contributed by atoms with van der Waals surface area (Å²) in [5, 5.41) is 13.8. The molecule has 0 spiro atoms. The highest BCUT2D eigenvalue weighted by atomic mass is 32.2. The highest BCUT2D eigenvalue weighted by Crippen LogP contribution is 2.39. The Kier molecular flexibility index (Phi) is 5.14. The summed E-state index contributed by atoms with van der Waals surface area (Å²) in [5.41, 5.74) is 1.09. The molecule has 2 N–H and O–H groups in total. The van der Waals surface area contributed by atoms with Gasteiger partial charge in [0, 0.05) is 23.7 Å². The normalized spacial score (nSPS) is 13.5. The third-order valence-corrected chi connectivity index (χ3v) is 4.24. The van der Waals surface area contributed by atoms with Crippen LogP contribution in [-0.4, -0.2) is 34.3 Å². The van der Waals surface area contributed by atoms with Gasteiger partial charge in [-0.1, -0.05) is 17.8 Å². The van der Waals surface area contributed by atoms with Gasteiger partial charge >= 0.3 is 0 Å². The number of rotatable bonds is 7. The van der Waals surface area contributed by atoms with Gasteiger partial charge in [-0.05, 0) is 38.0 Å². The van der Waals surface area contributed by atoms with Gasteiger partial charge in [-0.15, -0.1) is 10.2 Å². The molecule has 0 saturated heterocycles. The smallest absolute Gasteiger partial charge is 0.277 e. The molecule has 1 saturated carbocycles. The van der Waals surface area contributed by atoms with Crippen LogP contribution in [-0.2, 0) is 4.79 Å². The standard InChI is InChI=1S/C16H18N4O3S/c1-2-17-14(22)11-4-3-5-12(8-11)18-13(21)9-24-16-20-19-15(23-16)10-6-7-10/h3-5,8,10H,2,6-7,9H2,1H3,(H,17,22)(H,18,21). The van der Waals surface area contributed by atoms with E-state index in [1.54, 1.807) is 24.3 Å². The van der Waals surface area contributed by atoms with Crippen molar-refractivity contribution in [1.29, 1.82) is 0 Å². The molecule has 0 unspecified atom stereocenters. The van der Waals surface area contributed by atoms with Crippen molar-refractivity contribution in [2.24, 2.45) is 0 Å². The third-order valence-electron chi connectivity index (χ3n) is 3.42. The van der Waals surface area contributed by atoms with Crippen LogP contribution < -0.4 is 10.6 Å². The zero-order chi connectivity index (χ0) is 16.9. The van der Waals surface area contributed by atoms with Crippen LogP contribution in [0.25, 0.3) is 0 Å². The lowest BCUT2D eigenvalue weighted by atomic mass is 10.2. The lowest BCUT2D eigenvalue weighted by Gasteiger charge is -2.07. The zero-order valence-corrected chi connectivity index (χ0v) is 14.1. The lowest BCUT2D eigenvalue weighted by molar-refractivity contribution is -0.113. The average molecular weight is 346 g/mol. The predicted octanol–water partition coefficient (Wildman–Crippen LogP) is 2.43. The number of hydrogen-bond acceptors (Lipinski definition) is 6. The van der Waals surface area contributed by atoms with E-state index in [-0.39, 0.29) is 17.6 Å². The molecule has 0 aliphatic heterocycles. The summed E-state index contributed by atoms with van der Waals surface area (Å²) in [4.78, 5) is 23.8. The minimum atomic E-state index is -0.195. The Labute approximate surface area is 143 Å². The van der Waals surface area contributed by atoms with E-state index < -0.39 is 0 Å². The maximum atomic E-state index is 12.0. The van der Waals surface area contributed by atoms with Crippen molar-refractivity contribution in [3.05, 3.63) is 35.7 Å². The number of amides is 2. The zero-order valence-electron chi connectivity index (χ0n) is 13.2. The fourth-order valence-electron chi connectivity index (χ4n) is 2.10. The van der Waals surface area contributed by atoms with Gasteiger partial charge in [0.25, 0.3) is 11.1 Å². The van der Waals surface area contributed by atoms with Gasteiger partial charge in [-0.25, -0.2) is 0 Å². The fourth-order valence-corrected chi connectivity index (χ4v) is 2.67. The lowest BCUT2D eigenvalue weighted by Crippen LogP contribution is -2.23. The van der Waals surface area contributed by atoms with Gasteiger partial charge in [-0.3, -0.25) is 9.59 Å². The first-order chi connectivity index (χ1) is 11.7. The van der Waals surface area contributed by atoms with Crippen molar-refractivity contribution in [1.82, 2.24) is 15.5 Å². The van der Waals surface area contributed by atoms with Gasteiger partial charge in [-0.2, -0.15) is 0 Å². The summed E-state index contributed by atoms with van der Waals surface area (Å²) >= 11 is 1.20. The number of thioether (sulfide) groups is 1. The molecule has 2 aromatic rings. The number of hydrogen-bond donors (Lipinski definition) is 2. The number of carbonyl (C=O) groups is 2. The largest absolute Gasteiger partial charge is 0.416 e. The highest BCUT2D eigenvalue weighted by molar-refractivity contribution is 7.99. The molecule has 1 fully saturated rings. The number of benzene rings is 1. The SMILES string of the molecule is CCNC(=O)c1cccc(NC(=O)CSc2nnc(C3CC3)o2)c1. The van der Waals surface area contributed by atoms with Crippen molar-refractivity contribution in [3.63, 3.8) is 0 Å². The summed E-state index contributed by atoms with van der Waals surface area (Å²) < 4.78 is 5.49. The van der Waals surface area contributed by atoms with Crippen molar-refractivity contribution in [2.75, 3.05) is 17.6 Å². The summed E-state index contributed by atoms with van der Waals surface area (Å²) in [6, 6.07) is 6.81. The number of carbonyl (C=O) groups excluding carboxylic acids is 2. The van der Waals surface area contributed by atoms with Crippen LogP contribution in [0.5, 0.6) is 0 Å². The average Bonchev–Trinajstić information content (AvgIpc) is 3.32. The molecule has 8 heteroatoms. The summed E-state index contributed by atoms with van der Waals surface area (Å²) in [7, 11) is 0. The number of anilines is 1. The Morgan fingerprint density at radius 2 is 2.17 bits per heavy atom. The minimum absolute atomic E-state index is 0.164. The second-order valence-electron chi connectivity index (χ2n) is 5.46. The molecule has 126 valence electrons. The maximum Gasteiger partial charge on any atom is 0.277 e. The van der Waals surface area contributed by atoms with Crippen LogP contribution in [0, 0.1) is 0 Å². The first kappa shape index (κ1) is 16.5. The van der Waals surface area contributed by atoms with E-state index >= 15 is 0 Å². The molecule has 3 rings (SSSR count). The van der Waals surface area contributed by atoms with E-state index in [1.807, 2.05) is 6.92 Å². The van der Waals surface area contributed by atoms with E-state index in [1.165, 1.54) is 11.8 Å². The number of aromatic nitrogens is 2. The molecule has 1 heterocycles. The second-order valence-corrected chi connectivity index (χ2v) is 6.38. The number of nitrogens with one attached hydrogen (secondary N) is 2. The second kappa shape index (κ2) is 7.48. The van der Waals surface area contributed by atoms with E-state index in [0.29, 0.717) is 34.8 Å². The van der Waals surface area contributed by atoms with E-state index in [4.69, 9.17) is 4.42 Å². The Bertz CT molecular complexity index is 742. The monoisotopic (exact) mass is 346 g/mol. The fraction of sp³-hybridized carbons (Fsp3) is 0.375. The van der Waals surface area contributed by atoms with E-state index in [2.05, 4.69) is 20.8 Å². The first-order valence-corrected chi connectivity index (χ1v) is 8.78. The Hall–Kier alpha value is -2.35. The van der Waals surface area contributed by atoms with Crippen molar-refractivity contribution >= 4 is 29.3 Å². The van der Waals surface area contributed by atoms with Gasteiger partial charge in [0.2, 0.25) is 11.8 Å². The van der Waals surface area contributed by atoms with E-state index in [9.17, 15) is 9.59 Å². The highest BCUT2D eigenvalue weighted by Gasteiger charge is 2.29. The van der Waals surface area contributed by atoms with Crippen LogP contribution in [0.15, 0.2) is 33.9 Å². The number of nitrogens with zero attached hydrogens (tertiary/aromatic N) is 2. The molecular weight excluding hydrogens is 328 g/mol. The van der Waals surface area contributed by atoms with E-state index in [0.717, 1.165) is 12.8 Å². The Morgan fingerprint density at radius 3 is 2.92 bits per heavy atom. The molecule has 0 radical (unpaired) electrons. The molecule has 1 aromatic carbocycles. The molecular formula is C16H18N4O3S. The molecule has 1 aliphatic carbocycles. The summed E-state index contributed by atoms with van der Waals surface area (Å²) in [5.74, 6) is 0.864. The topological polar surface area (TPSA) is 97.1 Å². The van der Waals surface area contributed by atoms with Gasteiger partial charge in [0.05, 0.1) is 5.75 Å². The molecule has 1 aromatic heterocycles. The first-order valence-electron chi connectivity index (χ1n) is 7.80. The predicted molar refractivity (Wildman–Crippen MR) is 90.1 cm³/mol. The van der Waals surface area contributed by atoms with Crippen molar-refractivity contribution in [3.8, 4) is 0 Å². The third kappa shape index (κ3) is 4.35. The van der Waals surface area contributed by atoms with Gasteiger partial charge < -0.3 is 15.1 Å². The van der Waals surface area contributed by atoms with Crippen LogP contribution in [0.3, 0.4) is 0 Å².